The molecule has 131 valence electrons. The zero-order valence-corrected chi connectivity index (χ0v) is 14.9. The minimum atomic E-state index is -0.949. The summed E-state index contributed by atoms with van der Waals surface area (Å²) < 4.78 is 0. The average Bonchev–Trinajstić information content (AvgIpc) is 2.75. The highest BCUT2D eigenvalue weighted by Gasteiger charge is 2.41. The monoisotopic (exact) mass is 342 g/mol. The molecule has 2 nitrogen and oxygen atoms in total. The molecule has 1 heterocycles. The molecule has 0 spiro atoms. The Hall–Kier alpha value is -2.58. The molecule has 4 rings (SSSR count). The molecule has 0 amide bonds. The van der Waals surface area contributed by atoms with Crippen LogP contribution in [0.5, 0.6) is 0 Å². The van der Waals surface area contributed by atoms with Gasteiger partial charge in [-0.15, -0.1) is 0 Å². The van der Waals surface area contributed by atoms with Crippen LogP contribution in [-0.2, 0) is 5.60 Å². The fourth-order valence-electron chi connectivity index (χ4n) is 4.14. The number of hydrogen-bond donors (Lipinski definition) is 1. The molecule has 26 heavy (non-hydrogen) atoms. The third kappa shape index (κ3) is 3.13. The van der Waals surface area contributed by atoms with Crippen LogP contribution in [0.1, 0.15) is 24.0 Å². The van der Waals surface area contributed by atoms with Crippen molar-refractivity contribution >= 4 is 5.69 Å². The van der Waals surface area contributed by atoms with E-state index in [9.17, 15) is 5.11 Å². The molecule has 1 aliphatic rings. The Labute approximate surface area is 155 Å². The maximum Gasteiger partial charge on any atom is 0.118 e. The van der Waals surface area contributed by atoms with E-state index in [0.717, 1.165) is 42.7 Å². The molecule has 1 fully saturated rings. The van der Waals surface area contributed by atoms with Crippen LogP contribution in [-0.4, -0.2) is 18.2 Å². The molecule has 0 aliphatic carbocycles. The zero-order valence-electron chi connectivity index (χ0n) is 14.9. The summed E-state index contributed by atoms with van der Waals surface area (Å²) in [6.45, 7) is 1.88. The topological polar surface area (TPSA) is 23.5 Å². The predicted molar refractivity (Wildman–Crippen MR) is 106 cm³/mol. The molecular weight excluding hydrogens is 318 g/mol. The Bertz CT molecular complexity index is 769. The molecule has 3 aromatic carbocycles. The second-order valence-electron chi connectivity index (χ2n) is 7.01. The van der Waals surface area contributed by atoms with E-state index in [1.807, 2.05) is 72.8 Å². The predicted octanol–water partition coefficient (Wildman–Crippen LogP) is 4.64. The number of hydrogen-bond acceptors (Lipinski definition) is 2. The van der Waals surface area contributed by atoms with Gasteiger partial charge in [-0.3, -0.25) is 0 Å². The van der Waals surface area contributed by atoms with Crippen molar-refractivity contribution in [3.63, 3.8) is 0 Å². The van der Waals surface area contributed by atoms with Crippen molar-refractivity contribution in [2.45, 2.75) is 18.4 Å². The van der Waals surface area contributed by atoms with E-state index in [1.165, 1.54) is 0 Å². The Morgan fingerprint density at radius 1 is 0.769 bits per heavy atom. The number of rotatable bonds is 4. The minimum absolute atomic E-state index is 0.187. The van der Waals surface area contributed by atoms with Crippen LogP contribution in [0.2, 0.25) is 0 Å². The Kier molecular flexibility index (Phi) is 4.77. The number of nitrogens with zero attached hydrogens (tertiary/aromatic N) is 1. The first-order chi connectivity index (χ1) is 12.8. The molecule has 1 saturated heterocycles. The summed E-state index contributed by atoms with van der Waals surface area (Å²) in [6.07, 6.45) is 1.89. The van der Waals surface area contributed by atoms with Crippen LogP contribution in [0.25, 0.3) is 0 Å². The first-order valence-electron chi connectivity index (χ1n) is 9.33. The van der Waals surface area contributed by atoms with Gasteiger partial charge in [0, 0.05) is 24.8 Å². The summed E-state index contributed by atoms with van der Waals surface area (Å²) in [6, 6.07) is 31.7. The van der Waals surface area contributed by atoms with E-state index in [-0.39, 0.29) is 5.92 Å². The van der Waals surface area contributed by atoms with Crippen molar-refractivity contribution in [3.8, 4) is 0 Å². The zero-order chi connectivity index (χ0) is 17.8. The van der Waals surface area contributed by atoms with Gasteiger partial charge in [0.1, 0.15) is 5.60 Å². The molecule has 0 saturated carbocycles. The van der Waals surface area contributed by atoms with Crippen LogP contribution in [0.3, 0.4) is 0 Å². The lowest BCUT2D eigenvalue weighted by atomic mass is 9.72. The lowest BCUT2D eigenvalue weighted by Gasteiger charge is -2.43. The molecule has 0 bridgehead atoms. The molecular formula is C24H24NO. The van der Waals surface area contributed by atoms with Crippen molar-refractivity contribution in [1.82, 2.24) is 0 Å². The van der Waals surface area contributed by atoms with E-state index in [0.29, 0.717) is 0 Å². The van der Waals surface area contributed by atoms with Gasteiger partial charge in [0.15, 0.2) is 0 Å². The lowest BCUT2D eigenvalue weighted by molar-refractivity contribution is 0.00505. The summed E-state index contributed by atoms with van der Waals surface area (Å²) in [5, 5.41) is 11.9. The van der Waals surface area contributed by atoms with Gasteiger partial charge in [-0.25, -0.2) is 0 Å². The molecule has 1 N–H and O–H groups in total. The SMILES string of the molecule is OC(c1ccccc1)(c1ccccc1)C1CCN(c2[c]cccc2)CC1. The molecule has 1 aliphatic heterocycles. The van der Waals surface area contributed by atoms with E-state index in [1.54, 1.807) is 0 Å². The van der Waals surface area contributed by atoms with Crippen molar-refractivity contribution in [3.05, 3.63) is 102 Å². The fourth-order valence-corrected chi connectivity index (χ4v) is 4.14. The lowest BCUT2D eigenvalue weighted by Crippen LogP contribution is -2.44. The molecule has 1 radical (unpaired) electrons. The smallest absolute Gasteiger partial charge is 0.118 e. The highest BCUT2D eigenvalue weighted by atomic mass is 16.3. The van der Waals surface area contributed by atoms with Gasteiger partial charge in [0.2, 0.25) is 0 Å². The maximum absolute atomic E-state index is 11.9. The third-order valence-corrected chi connectivity index (χ3v) is 5.55. The van der Waals surface area contributed by atoms with Gasteiger partial charge in [-0.05, 0) is 36.0 Å². The second kappa shape index (κ2) is 7.35. The molecule has 0 aromatic heterocycles. The highest BCUT2D eigenvalue weighted by molar-refractivity contribution is 5.46. The van der Waals surface area contributed by atoms with Crippen molar-refractivity contribution < 1.29 is 5.11 Å². The number of aliphatic hydroxyl groups is 1. The summed E-state index contributed by atoms with van der Waals surface area (Å²) in [4.78, 5) is 2.37. The van der Waals surface area contributed by atoms with E-state index >= 15 is 0 Å². The van der Waals surface area contributed by atoms with Gasteiger partial charge in [0.25, 0.3) is 0 Å². The number of benzene rings is 3. The first-order valence-corrected chi connectivity index (χ1v) is 9.33. The van der Waals surface area contributed by atoms with Crippen LogP contribution >= 0.6 is 0 Å². The van der Waals surface area contributed by atoms with Gasteiger partial charge >= 0.3 is 0 Å². The van der Waals surface area contributed by atoms with Crippen LogP contribution in [0.4, 0.5) is 5.69 Å². The minimum Gasteiger partial charge on any atom is -0.380 e. The first kappa shape index (κ1) is 16.9. The van der Waals surface area contributed by atoms with Crippen molar-refractivity contribution in [2.75, 3.05) is 18.0 Å². The number of anilines is 1. The number of para-hydroxylation sites is 1. The Balaban J connectivity index is 1.62. The van der Waals surface area contributed by atoms with Crippen LogP contribution in [0.15, 0.2) is 84.9 Å². The van der Waals surface area contributed by atoms with E-state index in [4.69, 9.17) is 0 Å². The standard InChI is InChI=1S/C24H24NO/c26-24(20-10-4-1-5-11-20,21-12-6-2-7-13-21)22-16-18-25(19-17-22)23-14-8-3-9-15-23/h1-14,22,26H,16-19H2. The maximum atomic E-state index is 11.9. The van der Waals surface area contributed by atoms with Gasteiger partial charge < -0.3 is 10.0 Å². The van der Waals surface area contributed by atoms with Crippen molar-refractivity contribution in [2.24, 2.45) is 5.92 Å². The Morgan fingerprint density at radius 3 is 1.81 bits per heavy atom. The van der Waals surface area contributed by atoms with E-state index in [2.05, 4.69) is 23.1 Å². The normalized spacial score (nSPS) is 15.8. The fraction of sp³-hybridized carbons (Fsp3) is 0.250. The summed E-state index contributed by atoms with van der Waals surface area (Å²) in [7, 11) is 0. The third-order valence-electron chi connectivity index (χ3n) is 5.55. The summed E-state index contributed by atoms with van der Waals surface area (Å²) in [5.41, 5.74) is 2.16. The van der Waals surface area contributed by atoms with Crippen LogP contribution in [0, 0.1) is 12.0 Å². The van der Waals surface area contributed by atoms with Crippen molar-refractivity contribution in [1.29, 1.82) is 0 Å². The summed E-state index contributed by atoms with van der Waals surface area (Å²) in [5.74, 6) is 0.187. The largest absolute Gasteiger partial charge is 0.380 e. The summed E-state index contributed by atoms with van der Waals surface area (Å²) >= 11 is 0. The molecule has 0 atom stereocenters. The van der Waals surface area contributed by atoms with Gasteiger partial charge in [-0.2, -0.15) is 0 Å². The molecule has 2 heteroatoms. The molecule has 0 unspecified atom stereocenters. The number of piperidine rings is 1. The quantitative estimate of drug-likeness (QED) is 0.747. The van der Waals surface area contributed by atoms with Gasteiger partial charge in [-0.1, -0.05) is 78.9 Å². The highest BCUT2D eigenvalue weighted by Crippen LogP contribution is 2.42. The Morgan fingerprint density at radius 2 is 1.31 bits per heavy atom. The average molecular weight is 342 g/mol. The van der Waals surface area contributed by atoms with Gasteiger partial charge in [0.05, 0.1) is 0 Å². The molecule has 3 aromatic rings. The van der Waals surface area contributed by atoms with Crippen LogP contribution < -0.4 is 4.90 Å². The van der Waals surface area contributed by atoms with E-state index < -0.39 is 5.60 Å². The second-order valence-corrected chi connectivity index (χ2v) is 7.01.